The fraction of sp³-hybridized carbons (Fsp3) is 0.625. The van der Waals surface area contributed by atoms with Crippen LogP contribution < -0.4 is 0 Å². The molecule has 1 aliphatic rings. The van der Waals surface area contributed by atoms with Crippen LogP contribution in [0.5, 0.6) is 0 Å². The Morgan fingerprint density at radius 2 is 1.75 bits per heavy atom. The fourth-order valence-corrected chi connectivity index (χ4v) is 2.62. The Balaban J connectivity index is 1.58. The molecule has 112 valence electrons. The summed E-state index contributed by atoms with van der Waals surface area (Å²) in [6, 6.07) is 8.13. The summed E-state index contributed by atoms with van der Waals surface area (Å²) in [6.45, 7) is 3.09. The summed E-state index contributed by atoms with van der Waals surface area (Å²) >= 11 is 0. The van der Waals surface area contributed by atoms with E-state index in [9.17, 15) is 5.11 Å². The zero-order valence-corrected chi connectivity index (χ0v) is 12.1. The fourth-order valence-electron chi connectivity index (χ4n) is 2.62. The van der Waals surface area contributed by atoms with Gasteiger partial charge >= 0.3 is 0 Å². The van der Waals surface area contributed by atoms with E-state index < -0.39 is 0 Å². The van der Waals surface area contributed by atoms with Crippen LogP contribution in [0, 0.1) is 5.92 Å². The van der Waals surface area contributed by atoms with Crippen LogP contribution in [0.2, 0.25) is 0 Å². The lowest BCUT2D eigenvalue weighted by Gasteiger charge is -2.15. The van der Waals surface area contributed by atoms with Gasteiger partial charge in [0.05, 0.1) is 32.5 Å². The first-order valence-electron chi connectivity index (χ1n) is 7.23. The standard InChI is InChI=1S/C16H24O4/c1-18-8-9-20-11-10-19-7-6-14-12-13-4-2-3-5-15(13)16(14)17/h2-5,14,16-17H,6-12H2,1H3. The first-order valence-corrected chi connectivity index (χ1v) is 7.23. The van der Waals surface area contributed by atoms with Gasteiger partial charge in [-0.2, -0.15) is 0 Å². The van der Waals surface area contributed by atoms with E-state index in [2.05, 4.69) is 6.07 Å². The van der Waals surface area contributed by atoms with Gasteiger partial charge in [0.15, 0.2) is 0 Å². The van der Waals surface area contributed by atoms with Crippen LogP contribution in [-0.2, 0) is 20.6 Å². The van der Waals surface area contributed by atoms with E-state index in [4.69, 9.17) is 14.2 Å². The molecule has 0 bridgehead atoms. The van der Waals surface area contributed by atoms with Crippen molar-refractivity contribution >= 4 is 0 Å². The molecule has 0 spiro atoms. The molecule has 0 radical (unpaired) electrons. The van der Waals surface area contributed by atoms with Gasteiger partial charge in [-0.25, -0.2) is 0 Å². The van der Waals surface area contributed by atoms with Crippen molar-refractivity contribution in [1.29, 1.82) is 0 Å². The highest BCUT2D eigenvalue weighted by Crippen LogP contribution is 2.37. The zero-order chi connectivity index (χ0) is 14.2. The Hall–Kier alpha value is -0.940. The van der Waals surface area contributed by atoms with E-state index in [1.165, 1.54) is 5.56 Å². The molecule has 1 aromatic rings. The largest absolute Gasteiger partial charge is 0.388 e. The van der Waals surface area contributed by atoms with Gasteiger partial charge in [-0.15, -0.1) is 0 Å². The van der Waals surface area contributed by atoms with Crippen LogP contribution in [0.3, 0.4) is 0 Å². The molecule has 0 aliphatic heterocycles. The quantitative estimate of drug-likeness (QED) is 0.703. The average Bonchev–Trinajstić information content (AvgIpc) is 2.79. The van der Waals surface area contributed by atoms with Gasteiger partial charge in [-0.1, -0.05) is 24.3 Å². The smallest absolute Gasteiger partial charge is 0.0824 e. The van der Waals surface area contributed by atoms with Crippen molar-refractivity contribution in [2.75, 3.05) is 40.1 Å². The lowest BCUT2D eigenvalue weighted by atomic mass is 10.0. The number of hydrogen-bond donors (Lipinski definition) is 1. The van der Waals surface area contributed by atoms with Gasteiger partial charge in [-0.3, -0.25) is 0 Å². The number of benzene rings is 1. The number of ether oxygens (including phenoxy) is 3. The summed E-state index contributed by atoms with van der Waals surface area (Å²) in [5.74, 6) is 0.279. The molecule has 4 heteroatoms. The first-order chi connectivity index (χ1) is 9.83. The molecule has 2 atom stereocenters. The Morgan fingerprint density at radius 3 is 2.50 bits per heavy atom. The van der Waals surface area contributed by atoms with Crippen LogP contribution in [0.15, 0.2) is 24.3 Å². The molecule has 0 saturated carbocycles. The molecule has 1 aliphatic carbocycles. The van der Waals surface area contributed by atoms with Crippen LogP contribution in [0.1, 0.15) is 23.7 Å². The number of fused-ring (bicyclic) bond motifs is 1. The maximum atomic E-state index is 10.2. The third-order valence-electron chi connectivity index (χ3n) is 3.74. The van der Waals surface area contributed by atoms with Crippen LogP contribution >= 0.6 is 0 Å². The lowest BCUT2D eigenvalue weighted by Crippen LogP contribution is -2.13. The third-order valence-corrected chi connectivity index (χ3v) is 3.74. The van der Waals surface area contributed by atoms with E-state index >= 15 is 0 Å². The van der Waals surface area contributed by atoms with Crippen molar-refractivity contribution in [3.05, 3.63) is 35.4 Å². The first kappa shape index (κ1) is 15.4. The summed E-state index contributed by atoms with van der Waals surface area (Å²) in [4.78, 5) is 0. The molecule has 1 aromatic carbocycles. The molecule has 0 amide bonds. The molecule has 2 rings (SSSR count). The highest BCUT2D eigenvalue weighted by molar-refractivity contribution is 5.34. The van der Waals surface area contributed by atoms with Crippen molar-refractivity contribution in [3.63, 3.8) is 0 Å². The molecule has 0 heterocycles. The van der Waals surface area contributed by atoms with Gasteiger partial charge in [0.25, 0.3) is 0 Å². The highest BCUT2D eigenvalue weighted by atomic mass is 16.5. The third kappa shape index (κ3) is 4.28. The molecule has 2 unspecified atom stereocenters. The van der Waals surface area contributed by atoms with Gasteiger partial charge in [0, 0.05) is 13.7 Å². The Bertz CT molecular complexity index is 394. The predicted octanol–water partition coefficient (Wildman–Crippen LogP) is 1.96. The second-order valence-electron chi connectivity index (χ2n) is 5.11. The van der Waals surface area contributed by atoms with E-state index in [-0.39, 0.29) is 12.0 Å². The maximum absolute atomic E-state index is 10.2. The molecule has 0 saturated heterocycles. The molecule has 0 aromatic heterocycles. The number of aliphatic hydroxyl groups excluding tert-OH is 1. The van der Waals surface area contributed by atoms with E-state index in [1.54, 1.807) is 7.11 Å². The van der Waals surface area contributed by atoms with Crippen LogP contribution in [-0.4, -0.2) is 45.3 Å². The molecule has 0 fully saturated rings. The SMILES string of the molecule is COCCOCCOCCC1Cc2ccccc2C1O. The monoisotopic (exact) mass is 280 g/mol. The van der Waals surface area contributed by atoms with Gasteiger partial charge in [0.1, 0.15) is 0 Å². The summed E-state index contributed by atoms with van der Waals surface area (Å²) in [5.41, 5.74) is 2.35. The maximum Gasteiger partial charge on any atom is 0.0824 e. The van der Waals surface area contributed by atoms with E-state index in [0.717, 1.165) is 18.4 Å². The van der Waals surface area contributed by atoms with Crippen molar-refractivity contribution in [1.82, 2.24) is 0 Å². The molecular weight excluding hydrogens is 256 g/mol. The van der Waals surface area contributed by atoms with Crippen molar-refractivity contribution in [2.45, 2.75) is 18.9 Å². The Kier molecular flexibility index (Phi) is 6.47. The van der Waals surface area contributed by atoms with Crippen LogP contribution in [0.25, 0.3) is 0 Å². The Labute approximate surface area is 120 Å². The Morgan fingerprint density at radius 1 is 1.05 bits per heavy atom. The van der Waals surface area contributed by atoms with Crippen LogP contribution in [0.4, 0.5) is 0 Å². The van der Waals surface area contributed by atoms with Gasteiger partial charge in [-0.05, 0) is 29.9 Å². The predicted molar refractivity (Wildman–Crippen MR) is 76.7 cm³/mol. The summed E-state index contributed by atoms with van der Waals surface area (Å²) < 4.78 is 15.8. The minimum Gasteiger partial charge on any atom is -0.388 e. The topological polar surface area (TPSA) is 47.9 Å². The summed E-state index contributed by atoms with van der Waals surface area (Å²) in [7, 11) is 1.66. The summed E-state index contributed by atoms with van der Waals surface area (Å²) in [6.07, 6.45) is 1.49. The van der Waals surface area contributed by atoms with Gasteiger partial charge in [0.2, 0.25) is 0 Å². The number of aliphatic hydroxyl groups is 1. The highest BCUT2D eigenvalue weighted by Gasteiger charge is 2.29. The lowest BCUT2D eigenvalue weighted by molar-refractivity contribution is 0.0162. The molecule has 20 heavy (non-hydrogen) atoms. The summed E-state index contributed by atoms with van der Waals surface area (Å²) in [5, 5.41) is 10.2. The molecular formula is C16H24O4. The molecule has 1 N–H and O–H groups in total. The zero-order valence-electron chi connectivity index (χ0n) is 12.1. The van der Waals surface area contributed by atoms with Crippen molar-refractivity contribution in [3.8, 4) is 0 Å². The number of methoxy groups -OCH3 is 1. The average molecular weight is 280 g/mol. The minimum atomic E-state index is -0.340. The van der Waals surface area contributed by atoms with E-state index in [0.29, 0.717) is 33.0 Å². The second kappa shape index (κ2) is 8.37. The normalized spacial score (nSPS) is 21.1. The number of hydrogen-bond acceptors (Lipinski definition) is 4. The minimum absolute atomic E-state index is 0.279. The number of rotatable bonds is 9. The van der Waals surface area contributed by atoms with Gasteiger partial charge < -0.3 is 19.3 Å². The van der Waals surface area contributed by atoms with Crippen molar-refractivity contribution < 1.29 is 19.3 Å². The van der Waals surface area contributed by atoms with Crippen molar-refractivity contribution in [2.24, 2.45) is 5.92 Å². The molecule has 4 nitrogen and oxygen atoms in total. The second-order valence-corrected chi connectivity index (χ2v) is 5.11. The van der Waals surface area contributed by atoms with E-state index in [1.807, 2.05) is 18.2 Å².